The summed E-state index contributed by atoms with van der Waals surface area (Å²) in [7, 11) is 0. The van der Waals surface area contributed by atoms with Crippen molar-refractivity contribution >= 4 is 11.9 Å². The Labute approximate surface area is 165 Å². The second kappa shape index (κ2) is 8.11. The maximum Gasteiger partial charge on any atom is 0.460 e. The number of fused-ring (bicyclic) bond motifs is 1. The van der Waals surface area contributed by atoms with Crippen molar-refractivity contribution in [3.63, 3.8) is 0 Å². The Morgan fingerprint density at radius 2 is 1.17 bits per heavy atom. The van der Waals surface area contributed by atoms with Gasteiger partial charge in [-0.3, -0.25) is 0 Å². The molecule has 0 amide bonds. The minimum atomic E-state index is -6.51. The van der Waals surface area contributed by atoms with E-state index in [4.69, 9.17) is 9.47 Å². The first-order valence-electron chi connectivity index (χ1n) is 8.53. The Morgan fingerprint density at radius 1 is 0.767 bits per heavy atom. The summed E-state index contributed by atoms with van der Waals surface area (Å²) in [5.74, 6) is -13.9. The Bertz CT molecular complexity index is 869. The van der Waals surface area contributed by atoms with Gasteiger partial charge in [0.15, 0.2) is 0 Å². The van der Waals surface area contributed by atoms with Gasteiger partial charge in [-0.25, -0.2) is 9.59 Å². The second-order valence-corrected chi connectivity index (χ2v) is 6.01. The third-order valence-corrected chi connectivity index (χ3v) is 4.12. The fraction of sp³-hybridized carbons (Fsp3) is 0.368. The standard InChI is InChI=1S/C19H15F7O4/c1-3-29-15(27)13-9-14(16(28)30-4-2)12-8-6-10(5-7-11(12)13)17(20,21)18(22,23)19(24,25)26/h5-9H,3-4H2,1-2H3. The molecule has 2 aliphatic rings. The molecule has 0 spiro atoms. The molecule has 0 unspecified atom stereocenters. The van der Waals surface area contributed by atoms with E-state index in [1.165, 1.54) is 13.8 Å². The van der Waals surface area contributed by atoms with E-state index in [1.807, 2.05) is 0 Å². The highest BCUT2D eigenvalue weighted by Gasteiger charge is 2.73. The summed E-state index contributed by atoms with van der Waals surface area (Å²) < 4.78 is 102. The average molecular weight is 440 g/mol. The first-order valence-corrected chi connectivity index (χ1v) is 8.53. The van der Waals surface area contributed by atoms with Crippen molar-refractivity contribution in [2.45, 2.75) is 31.9 Å². The third kappa shape index (κ3) is 3.92. The molecule has 4 nitrogen and oxygen atoms in total. The van der Waals surface area contributed by atoms with Crippen molar-refractivity contribution in [3.05, 3.63) is 47.0 Å². The maximum atomic E-state index is 14.1. The highest BCUT2D eigenvalue weighted by atomic mass is 19.4. The van der Waals surface area contributed by atoms with Gasteiger partial charge in [0.05, 0.1) is 24.3 Å². The van der Waals surface area contributed by atoms with Gasteiger partial charge in [0.2, 0.25) is 0 Å². The van der Waals surface area contributed by atoms with Gasteiger partial charge in [-0.2, -0.15) is 30.7 Å². The molecule has 0 fully saturated rings. The minimum absolute atomic E-state index is 0.0691. The fourth-order valence-corrected chi connectivity index (χ4v) is 2.67. The zero-order valence-corrected chi connectivity index (χ0v) is 15.6. The predicted octanol–water partition coefficient (Wildman–Crippen LogP) is 5.43. The molecule has 0 aliphatic heterocycles. The van der Waals surface area contributed by atoms with Gasteiger partial charge in [-0.15, -0.1) is 0 Å². The monoisotopic (exact) mass is 440 g/mol. The molecule has 164 valence electrons. The van der Waals surface area contributed by atoms with Crippen LogP contribution < -0.4 is 0 Å². The molecule has 2 rings (SSSR count). The van der Waals surface area contributed by atoms with E-state index in [9.17, 15) is 40.3 Å². The molecule has 11 heteroatoms. The average Bonchev–Trinajstić information content (AvgIpc) is 2.85. The molecule has 0 aromatic heterocycles. The number of carbonyl (C=O) groups is 2. The Balaban J connectivity index is 2.72. The number of carbonyl (C=O) groups excluding carboxylic acids is 2. The van der Waals surface area contributed by atoms with Crippen LogP contribution >= 0.6 is 0 Å². The van der Waals surface area contributed by atoms with Crippen LogP contribution in [0.5, 0.6) is 0 Å². The summed E-state index contributed by atoms with van der Waals surface area (Å²) in [5, 5.41) is 0. The molecule has 0 atom stereocenters. The molecule has 2 aliphatic carbocycles. The van der Waals surface area contributed by atoms with E-state index in [0.717, 1.165) is 18.2 Å². The molecule has 30 heavy (non-hydrogen) atoms. The van der Waals surface area contributed by atoms with E-state index in [-0.39, 0.29) is 35.5 Å². The lowest BCUT2D eigenvalue weighted by molar-refractivity contribution is -0.359. The van der Waals surface area contributed by atoms with Gasteiger partial charge in [0.25, 0.3) is 0 Å². The normalized spacial score (nSPS) is 12.7. The molecular weight excluding hydrogens is 425 g/mol. The molecule has 0 bridgehead atoms. The van der Waals surface area contributed by atoms with Crippen LogP contribution in [0.15, 0.2) is 30.3 Å². The highest BCUT2D eigenvalue weighted by molar-refractivity contribution is 6.08. The summed E-state index contributed by atoms with van der Waals surface area (Å²) in [6.45, 7) is 2.82. The Kier molecular flexibility index (Phi) is 6.34. The number of alkyl halides is 7. The SMILES string of the molecule is CCOC(=O)c1cc(C(=O)OCC)c2ccc(C(F)(F)C(F)(F)C(F)(F)F)ccc1-2. The van der Waals surface area contributed by atoms with Crippen LogP contribution in [0.4, 0.5) is 30.7 Å². The molecule has 0 aromatic carbocycles. The van der Waals surface area contributed by atoms with Gasteiger partial charge < -0.3 is 9.47 Å². The van der Waals surface area contributed by atoms with Crippen molar-refractivity contribution in [1.82, 2.24) is 0 Å². The van der Waals surface area contributed by atoms with Crippen LogP contribution in [0.1, 0.15) is 40.1 Å². The van der Waals surface area contributed by atoms with Gasteiger partial charge in [0.1, 0.15) is 0 Å². The largest absolute Gasteiger partial charge is 0.462 e. The van der Waals surface area contributed by atoms with Gasteiger partial charge in [0, 0.05) is 5.56 Å². The van der Waals surface area contributed by atoms with Gasteiger partial charge in [-0.05, 0) is 31.0 Å². The zero-order valence-electron chi connectivity index (χ0n) is 15.6. The van der Waals surface area contributed by atoms with Crippen molar-refractivity contribution in [1.29, 1.82) is 0 Å². The molecule has 0 N–H and O–H groups in total. The first-order chi connectivity index (χ1) is 13.8. The lowest BCUT2D eigenvalue weighted by Crippen LogP contribution is -2.49. The van der Waals surface area contributed by atoms with Crippen molar-refractivity contribution in [3.8, 4) is 11.1 Å². The molecule has 0 aromatic rings. The Hall–Kier alpha value is -2.85. The Morgan fingerprint density at radius 3 is 1.50 bits per heavy atom. The molecular formula is C19H15F7O4. The highest BCUT2D eigenvalue weighted by Crippen LogP contribution is 2.52. The summed E-state index contributed by atoms with van der Waals surface area (Å²) in [4.78, 5) is 24.3. The van der Waals surface area contributed by atoms with Crippen molar-refractivity contribution < 1.29 is 49.8 Å². The smallest absolute Gasteiger partial charge is 0.460 e. The van der Waals surface area contributed by atoms with Crippen LogP contribution in [0.25, 0.3) is 11.1 Å². The quantitative estimate of drug-likeness (QED) is 0.444. The van der Waals surface area contributed by atoms with Crippen LogP contribution in [-0.2, 0) is 15.4 Å². The fourth-order valence-electron chi connectivity index (χ4n) is 2.67. The number of rotatable bonds is 6. The topological polar surface area (TPSA) is 52.6 Å². The molecule has 0 radical (unpaired) electrons. The number of hydrogen-bond donors (Lipinski definition) is 0. The second-order valence-electron chi connectivity index (χ2n) is 6.01. The van der Waals surface area contributed by atoms with Crippen LogP contribution in [0, 0.1) is 0 Å². The minimum Gasteiger partial charge on any atom is -0.462 e. The van der Waals surface area contributed by atoms with Gasteiger partial charge in [-0.1, -0.05) is 24.3 Å². The molecule has 0 saturated heterocycles. The van der Waals surface area contributed by atoms with Crippen LogP contribution in [0.3, 0.4) is 0 Å². The van der Waals surface area contributed by atoms with Gasteiger partial charge >= 0.3 is 30.0 Å². The summed E-state index contributed by atoms with van der Waals surface area (Å²) >= 11 is 0. The third-order valence-electron chi connectivity index (χ3n) is 4.12. The lowest BCUT2D eigenvalue weighted by atomic mass is 10.0. The van der Waals surface area contributed by atoms with E-state index in [2.05, 4.69) is 0 Å². The molecule has 0 heterocycles. The van der Waals surface area contributed by atoms with Crippen LogP contribution in [0.2, 0.25) is 0 Å². The van der Waals surface area contributed by atoms with E-state index < -0.39 is 35.5 Å². The van der Waals surface area contributed by atoms with E-state index in [0.29, 0.717) is 12.1 Å². The number of esters is 2. The summed E-state index contributed by atoms with van der Waals surface area (Å²) in [6, 6.07) is 3.24. The molecule has 0 saturated carbocycles. The number of hydrogen-bond acceptors (Lipinski definition) is 4. The van der Waals surface area contributed by atoms with Crippen LogP contribution in [-0.4, -0.2) is 37.3 Å². The first kappa shape index (κ1) is 23.4. The van der Waals surface area contributed by atoms with E-state index >= 15 is 0 Å². The number of ether oxygens (including phenoxy) is 2. The summed E-state index contributed by atoms with van der Waals surface area (Å²) in [6.07, 6.45) is -6.51. The maximum absolute atomic E-state index is 14.1. The van der Waals surface area contributed by atoms with Crippen molar-refractivity contribution in [2.75, 3.05) is 13.2 Å². The van der Waals surface area contributed by atoms with Crippen molar-refractivity contribution in [2.24, 2.45) is 0 Å². The predicted molar refractivity (Wildman–Crippen MR) is 89.9 cm³/mol. The number of halogens is 7. The lowest BCUT2D eigenvalue weighted by Gasteiger charge is -2.28. The van der Waals surface area contributed by atoms with E-state index in [1.54, 1.807) is 0 Å². The zero-order chi connectivity index (χ0) is 22.9. The summed E-state index contributed by atoms with van der Waals surface area (Å²) in [5.41, 5.74) is -2.50.